The number of rotatable bonds is 7. The maximum absolute atomic E-state index is 6.39. The average molecular weight is 797 g/mol. The van der Waals surface area contributed by atoms with E-state index >= 15 is 0 Å². The molecule has 0 radical (unpaired) electrons. The fourth-order valence-electron chi connectivity index (χ4n) is 9.60. The Balaban J connectivity index is 1.15. The van der Waals surface area contributed by atoms with E-state index in [0.29, 0.717) is 17.6 Å². The van der Waals surface area contributed by atoms with Crippen LogP contribution in [0.25, 0.3) is 116 Å². The van der Waals surface area contributed by atoms with E-state index in [0.717, 1.165) is 84.2 Å². The molecule has 5 nitrogen and oxygen atoms in total. The summed E-state index contributed by atoms with van der Waals surface area (Å²) in [7, 11) is 0. The molecule has 12 rings (SSSR count). The van der Waals surface area contributed by atoms with E-state index in [-0.39, 0.29) is 0 Å². The molecule has 9 aromatic carbocycles. The number of hydrogen-bond acceptors (Lipinski definition) is 4. The number of aromatic nitrogens is 4. The van der Waals surface area contributed by atoms with Crippen LogP contribution in [-0.4, -0.2) is 19.5 Å². The van der Waals surface area contributed by atoms with Crippen LogP contribution in [-0.2, 0) is 12.8 Å². The summed E-state index contributed by atoms with van der Waals surface area (Å²) < 4.78 is 8.66. The predicted octanol–water partition coefficient (Wildman–Crippen LogP) is 15.0. The summed E-state index contributed by atoms with van der Waals surface area (Å²) in [6.45, 7) is 4.49. The molecule has 0 amide bonds. The van der Waals surface area contributed by atoms with Crippen molar-refractivity contribution < 1.29 is 4.42 Å². The Bertz CT molecular complexity index is 3740. The molecular weight excluding hydrogens is 757 g/mol. The summed E-state index contributed by atoms with van der Waals surface area (Å²) >= 11 is 0. The van der Waals surface area contributed by atoms with Gasteiger partial charge in [-0.25, -0.2) is 4.98 Å². The quantitative estimate of drug-likeness (QED) is 0.161. The van der Waals surface area contributed by atoms with Crippen molar-refractivity contribution in [1.82, 2.24) is 19.5 Å². The average Bonchev–Trinajstić information content (AvgIpc) is 3.89. The van der Waals surface area contributed by atoms with Crippen LogP contribution < -0.4 is 0 Å². The fourth-order valence-corrected chi connectivity index (χ4v) is 9.60. The zero-order valence-corrected chi connectivity index (χ0v) is 34.4. The van der Waals surface area contributed by atoms with E-state index in [9.17, 15) is 0 Å². The SMILES string of the molecule is CCc1ccccc1-c1ccc(-c2cccc3c4c5ccccc5ccc4n(-c4nc(-c5ccc6ccccc6c5)nc(-c5ccc6c(c5)oc5ccccc56)n4)c23)cc1CC. The molecule has 0 saturated heterocycles. The summed E-state index contributed by atoms with van der Waals surface area (Å²) in [6, 6.07) is 64.9. The maximum atomic E-state index is 6.39. The third-order valence-corrected chi connectivity index (χ3v) is 12.6. The first-order valence-corrected chi connectivity index (χ1v) is 21.5. The van der Waals surface area contributed by atoms with Crippen molar-refractivity contribution in [1.29, 1.82) is 0 Å². The zero-order chi connectivity index (χ0) is 41.3. The summed E-state index contributed by atoms with van der Waals surface area (Å²) in [5.41, 5.74) is 13.0. The number of para-hydroxylation sites is 2. The largest absolute Gasteiger partial charge is 0.456 e. The van der Waals surface area contributed by atoms with Crippen molar-refractivity contribution in [2.45, 2.75) is 26.7 Å². The normalized spacial score (nSPS) is 11.8. The lowest BCUT2D eigenvalue weighted by atomic mass is 9.90. The van der Waals surface area contributed by atoms with Gasteiger partial charge in [0.05, 0.1) is 11.0 Å². The Morgan fingerprint density at radius 3 is 1.90 bits per heavy atom. The molecule has 5 heteroatoms. The van der Waals surface area contributed by atoms with Gasteiger partial charge in [0, 0.05) is 38.2 Å². The first-order valence-electron chi connectivity index (χ1n) is 21.5. The van der Waals surface area contributed by atoms with Gasteiger partial charge in [0.15, 0.2) is 11.6 Å². The molecule has 62 heavy (non-hydrogen) atoms. The lowest BCUT2D eigenvalue weighted by Crippen LogP contribution is -2.07. The van der Waals surface area contributed by atoms with Crippen LogP contribution in [0.3, 0.4) is 0 Å². The van der Waals surface area contributed by atoms with Gasteiger partial charge in [0.25, 0.3) is 0 Å². The van der Waals surface area contributed by atoms with Crippen LogP contribution >= 0.6 is 0 Å². The maximum Gasteiger partial charge on any atom is 0.238 e. The minimum atomic E-state index is 0.551. The van der Waals surface area contributed by atoms with Crippen molar-refractivity contribution in [2.75, 3.05) is 0 Å². The van der Waals surface area contributed by atoms with Crippen molar-refractivity contribution in [3.05, 3.63) is 193 Å². The zero-order valence-electron chi connectivity index (χ0n) is 34.4. The summed E-state index contributed by atoms with van der Waals surface area (Å²) in [4.78, 5) is 16.1. The molecule has 0 spiro atoms. The highest BCUT2D eigenvalue weighted by molar-refractivity contribution is 6.23. The smallest absolute Gasteiger partial charge is 0.238 e. The summed E-state index contributed by atoms with van der Waals surface area (Å²) in [5.74, 6) is 1.72. The van der Waals surface area contributed by atoms with E-state index in [4.69, 9.17) is 19.4 Å². The third kappa shape index (κ3) is 5.73. The highest BCUT2D eigenvalue weighted by Gasteiger charge is 2.23. The number of aryl methyl sites for hydroxylation is 2. The minimum absolute atomic E-state index is 0.551. The number of benzene rings is 9. The van der Waals surface area contributed by atoms with Crippen LogP contribution in [0.15, 0.2) is 186 Å². The van der Waals surface area contributed by atoms with E-state index in [1.165, 1.54) is 38.4 Å². The van der Waals surface area contributed by atoms with Crippen LogP contribution in [0.4, 0.5) is 0 Å². The van der Waals surface area contributed by atoms with Gasteiger partial charge < -0.3 is 4.42 Å². The standard InChI is InChI=1S/C57H40N4O/c1-3-35-14-7-9-18-43(35)44-29-26-40(32-36(44)4-2)46-21-13-22-49-53-45-19-10-8-16-38(45)28-31-50(53)61(54(46)49)57-59-55(41-25-24-37-15-5-6-17-39(37)33-41)58-56(60-57)42-27-30-48-47-20-11-12-23-51(47)62-52(48)34-42/h5-34H,3-4H2,1-2H3. The van der Waals surface area contributed by atoms with Crippen LogP contribution in [0.2, 0.25) is 0 Å². The second kappa shape index (κ2) is 14.4. The Hall–Kier alpha value is -7.89. The number of nitrogens with zero attached hydrogens (tertiary/aromatic N) is 4. The van der Waals surface area contributed by atoms with Crippen molar-refractivity contribution in [3.63, 3.8) is 0 Å². The molecule has 0 aliphatic carbocycles. The summed E-state index contributed by atoms with van der Waals surface area (Å²) in [6.07, 6.45) is 1.89. The molecule has 0 bridgehead atoms. The molecular formula is C57H40N4O. The van der Waals surface area contributed by atoms with Gasteiger partial charge in [0.2, 0.25) is 5.95 Å². The number of furan rings is 1. The summed E-state index contributed by atoms with van der Waals surface area (Å²) in [5, 5.41) is 9.11. The monoisotopic (exact) mass is 796 g/mol. The van der Waals surface area contributed by atoms with Crippen molar-refractivity contribution >= 4 is 65.3 Å². The van der Waals surface area contributed by atoms with Crippen molar-refractivity contribution in [3.8, 4) is 51.0 Å². The highest BCUT2D eigenvalue weighted by Crippen LogP contribution is 2.42. The molecule has 0 fully saturated rings. The van der Waals surface area contributed by atoms with E-state index < -0.39 is 0 Å². The number of hydrogen-bond donors (Lipinski definition) is 0. The third-order valence-electron chi connectivity index (χ3n) is 12.6. The molecule has 294 valence electrons. The Kier molecular flexibility index (Phi) is 8.36. The lowest BCUT2D eigenvalue weighted by Gasteiger charge is -2.16. The Morgan fingerprint density at radius 1 is 0.419 bits per heavy atom. The molecule has 0 aliphatic heterocycles. The second-order valence-electron chi connectivity index (χ2n) is 16.1. The van der Waals surface area contributed by atoms with Gasteiger partial charge in [-0.1, -0.05) is 166 Å². The molecule has 0 N–H and O–H groups in total. The first kappa shape index (κ1) is 36.0. The molecule has 0 aliphatic rings. The second-order valence-corrected chi connectivity index (χ2v) is 16.1. The predicted molar refractivity (Wildman–Crippen MR) is 257 cm³/mol. The first-order chi connectivity index (χ1) is 30.6. The van der Waals surface area contributed by atoms with Gasteiger partial charge in [-0.3, -0.25) is 4.57 Å². The van der Waals surface area contributed by atoms with E-state index in [1.807, 2.05) is 18.2 Å². The Labute approximate surface area is 358 Å². The molecule has 0 saturated carbocycles. The Morgan fingerprint density at radius 2 is 1.05 bits per heavy atom. The van der Waals surface area contributed by atoms with E-state index in [1.54, 1.807) is 0 Å². The topological polar surface area (TPSA) is 56.7 Å². The van der Waals surface area contributed by atoms with E-state index in [2.05, 4.69) is 182 Å². The highest BCUT2D eigenvalue weighted by atomic mass is 16.3. The van der Waals surface area contributed by atoms with Crippen LogP contribution in [0.1, 0.15) is 25.0 Å². The minimum Gasteiger partial charge on any atom is -0.456 e. The molecule has 3 aromatic heterocycles. The van der Waals surface area contributed by atoms with Crippen LogP contribution in [0, 0.1) is 0 Å². The van der Waals surface area contributed by atoms with Gasteiger partial charge in [-0.15, -0.1) is 0 Å². The van der Waals surface area contributed by atoms with Gasteiger partial charge in [0.1, 0.15) is 11.2 Å². The van der Waals surface area contributed by atoms with Gasteiger partial charge in [-0.05, 0) is 92.5 Å². The van der Waals surface area contributed by atoms with Crippen LogP contribution in [0.5, 0.6) is 0 Å². The molecule has 3 heterocycles. The molecule has 0 unspecified atom stereocenters. The van der Waals surface area contributed by atoms with Gasteiger partial charge >= 0.3 is 0 Å². The molecule has 12 aromatic rings. The fraction of sp³-hybridized carbons (Fsp3) is 0.0702. The number of fused-ring (bicyclic) bond motifs is 9. The lowest BCUT2D eigenvalue weighted by molar-refractivity contribution is 0.669. The molecule has 0 atom stereocenters. The van der Waals surface area contributed by atoms with Crippen molar-refractivity contribution in [2.24, 2.45) is 0 Å². The van der Waals surface area contributed by atoms with Gasteiger partial charge in [-0.2, -0.15) is 9.97 Å².